The number of rotatable bonds is 3. The highest BCUT2D eigenvalue weighted by Crippen LogP contribution is 2.18. The second-order valence-corrected chi connectivity index (χ2v) is 4.49. The SMILES string of the molecule is COC(=O)N1CCN(C(=O)CNC2CC2)CC1. The Morgan fingerprint density at radius 1 is 1.18 bits per heavy atom. The first kappa shape index (κ1) is 12.2. The molecule has 6 heteroatoms. The molecule has 0 spiro atoms. The van der Waals surface area contributed by atoms with Gasteiger partial charge in [-0.25, -0.2) is 4.79 Å². The fraction of sp³-hybridized carbons (Fsp3) is 0.818. The molecule has 6 nitrogen and oxygen atoms in total. The van der Waals surface area contributed by atoms with Gasteiger partial charge in [0.25, 0.3) is 0 Å². The normalized spacial score (nSPS) is 20.3. The first-order chi connectivity index (χ1) is 8.20. The largest absolute Gasteiger partial charge is 0.453 e. The van der Waals surface area contributed by atoms with Gasteiger partial charge in [-0.2, -0.15) is 0 Å². The molecular weight excluding hydrogens is 222 g/mol. The molecule has 0 bridgehead atoms. The third kappa shape index (κ3) is 3.33. The predicted molar refractivity (Wildman–Crippen MR) is 61.6 cm³/mol. The molecule has 0 aromatic heterocycles. The summed E-state index contributed by atoms with van der Waals surface area (Å²) in [5.41, 5.74) is 0. The maximum Gasteiger partial charge on any atom is 0.409 e. The molecule has 0 unspecified atom stereocenters. The first-order valence-corrected chi connectivity index (χ1v) is 6.05. The van der Waals surface area contributed by atoms with Crippen LogP contribution in [0.25, 0.3) is 0 Å². The summed E-state index contributed by atoms with van der Waals surface area (Å²) in [6.45, 7) is 2.73. The van der Waals surface area contributed by atoms with E-state index >= 15 is 0 Å². The smallest absolute Gasteiger partial charge is 0.409 e. The number of carbonyl (C=O) groups is 2. The number of hydrogen-bond donors (Lipinski definition) is 1. The molecule has 1 aliphatic carbocycles. The Hall–Kier alpha value is -1.30. The van der Waals surface area contributed by atoms with Gasteiger partial charge >= 0.3 is 6.09 Å². The summed E-state index contributed by atoms with van der Waals surface area (Å²) in [7, 11) is 1.37. The van der Waals surface area contributed by atoms with Crippen molar-refractivity contribution in [2.24, 2.45) is 0 Å². The van der Waals surface area contributed by atoms with Gasteiger partial charge < -0.3 is 19.9 Å². The van der Waals surface area contributed by atoms with Gasteiger partial charge in [0.15, 0.2) is 0 Å². The van der Waals surface area contributed by atoms with Crippen molar-refractivity contribution >= 4 is 12.0 Å². The van der Waals surface area contributed by atoms with E-state index in [1.165, 1.54) is 20.0 Å². The van der Waals surface area contributed by atoms with E-state index in [4.69, 9.17) is 0 Å². The second-order valence-electron chi connectivity index (χ2n) is 4.49. The first-order valence-electron chi connectivity index (χ1n) is 6.05. The van der Waals surface area contributed by atoms with Gasteiger partial charge in [0, 0.05) is 32.2 Å². The molecule has 96 valence electrons. The van der Waals surface area contributed by atoms with Crippen LogP contribution in [0.15, 0.2) is 0 Å². The highest BCUT2D eigenvalue weighted by atomic mass is 16.5. The average molecular weight is 241 g/mol. The van der Waals surface area contributed by atoms with Crippen molar-refractivity contribution in [1.29, 1.82) is 0 Å². The molecule has 1 heterocycles. The lowest BCUT2D eigenvalue weighted by Gasteiger charge is -2.33. The van der Waals surface area contributed by atoms with E-state index in [0.29, 0.717) is 38.8 Å². The summed E-state index contributed by atoms with van der Waals surface area (Å²) in [5.74, 6) is 0.126. The average Bonchev–Trinajstić information content (AvgIpc) is 3.19. The Morgan fingerprint density at radius 3 is 2.29 bits per heavy atom. The molecule has 17 heavy (non-hydrogen) atoms. The zero-order chi connectivity index (χ0) is 12.3. The fourth-order valence-electron chi connectivity index (χ4n) is 1.90. The molecular formula is C11H19N3O3. The fourth-order valence-corrected chi connectivity index (χ4v) is 1.90. The summed E-state index contributed by atoms with van der Waals surface area (Å²) in [6, 6.07) is 0.551. The highest BCUT2D eigenvalue weighted by Gasteiger charge is 2.26. The summed E-state index contributed by atoms with van der Waals surface area (Å²) in [5, 5.41) is 3.20. The van der Waals surface area contributed by atoms with Gasteiger partial charge in [-0.15, -0.1) is 0 Å². The lowest BCUT2D eigenvalue weighted by molar-refractivity contribution is -0.131. The summed E-state index contributed by atoms with van der Waals surface area (Å²) in [4.78, 5) is 26.5. The Morgan fingerprint density at radius 2 is 1.76 bits per heavy atom. The van der Waals surface area contributed by atoms with Gasteiger partial charge in [0.2, 0.25) is 5.91 Å². The predicted octanol–water partition coefficient (Wildman–Crippen LogP) is -0.351. The van der Waals surface area contributed by atoms with Crippen LogP contribution in [0, 0.1) is 0 Å². The minimum absolute atomic E-state index is 0.126. The van der Waals surface area contributed by atoms with Crippen molar-refractivity contribution in [3.63, 3.8) is 0 Å². The number of ether oxygens (including phenoxy) is 1. The van der Waals surface area contributed by atoms with Crippen molar-refractivity contribution in [3.8, 4) is 0 Å². The van der Waals surface area contributed by atoms with Crippen LogP contribution >= 0.6 is 0 Å². The van der Waals surface area contributed by atoms with E-state index in [1.54, 1.807) is 9.80 Å². The van der Waals surface area contributed by atoms with E-state index in [0.717, 1.165) is 0 Å². The maximum absolute atomic E-state index is 11.8. The van der Waals surface area contributed by atoms with Crippen LogP contribution in [-0.4, -0.2) is 67.7 Å². The number of carbonyl (C=O) groups excluding carboxylic acids is 2. The summed E-state index contributed by atoms with van der Waals surface area (Å²) in [6.07, 6.45) is 2.06. The molecule has 0 aromatic rings. The number of hydrogen-bond acceptors (Lipinski definition) is 4. The van der Waals surface area contributed by atoms with E-state index < -0.39 is 0 Å². The summed E-state index contributed by atoms with van der Waals surface area (Å²) < 4.78 is 4.64. The van der Waals surface area contributed by atoms with Crippen molar-refractivity contribution < 1.29 is 14.3 Å². The summed E-state index contributed by atoms with van der Waals surface area (Å²) >= 11 is 0. The van der Waals surface area contributed by atoms with Crippen molar-refractivity contribution in [2.75, 3.05) is 39.8 Å². The zero-order valence-electron chi connectivity index (χ0n) is 10.1. The number of piperazine rings is 1. The van der Waals surface area contributed by atoms with Gasteiger partial charge in [-0.05, 0) is 12.8 Å². The molecule has 1 aliphatic heterocycles. The molecule has 1 saturated heterocycles. The van der Waals surface area contributed by atoms with Gasteiger partial charge in [-0.3, -0.25) is 4.79 Å². The Balaban J connectivity index is 1.69. The van der Waals surface area contributed by atoms with Crippen LogP contribution in [0.1, 0.15) is 12.8 Å². The molecule has 0 radical (unpaired) electrons. The van der Waals surface area contributed by atoms with E-state index in [1.807, 2.05) is 0 Å². The van der Waals surface area contributed by atoms with Crippen LogP contribution in [0.5, 0.6) is 0 Å². The molecule has 0 aromatic carbocycles. The van der Waals surface area contributed by atoms with E-state index in [-0.39, 0.29) is 12.0 Å². The van der Waals surface area contributed by atoms with Crippen LogP contribution in [0.3, 0.4) is 0 Å². The van der Waals surface area contributed by atoms with Crippen molar-refractivity contribution in [3.05, 3.63) is 0 Å². The van der Waals surface area contributed by atoms with E-state index in [2.05, 4.69) is 10.1 Å². The third-order valence-electron chi connectivity index (χ3n) is 3.18. The van der Waals surface area contributed by atoms with Crippen LogP contribution < -0.4 is 5.32 Å². The Kier molecular flexibility index (Phi) is 3.83. The molecule has 0 atom stereocenters. The second kappa shape index (κ2) is 5.35. The van der Waals surface area contributed by atoms with Crippen molar-refractivity contribution in [1.82, 2.24) is 15.1 Å². The number of nitrogens with one attached hydrogen (secondary N) is 1. The van der Waals surface area contributed by atoms with E-state index in [9.17, 15) is 9.59 Å². The zero-order valence-corrected chi connectivity index (χ0v) is 10.1. The van der Waals surface area contributed by atoms with Gasteiger partial charge in [0.05, 0.1) is 13.7 Å². The quantitative estimate of drug-likeness (QED) is 0.733. The minimum Gasteiger partial charge on any atom is -0.453 e. The maximum atomic E-state index is 11.8. The lowest BCUT2D eigenvalue weighted by atomic mass is 10.3. The number of methoxy groups -OCH3 is 1. The Bertz CT molecular complexity index is 296. The van der Waals surface area contributed by atoms with Gasteiger partial charge in [-0.1, -0.05) is 0 Å². The van der Waals surface area contributed by atoms with Crippen LogP contribution in [0.4, 0.5) is 4.79 Å². The molecule has 2 amide bonds. The van der Waals surface area contributed by atoms with Gasteiger partial charge in [0.1, 0.15) is 0 Å². The van der Waals surface area contributed by atoms with Crippen LogP contribution in [0.2, 0.25) is 0 Å². The van der Waals surface area contributed by atoms with Crippen molar-refractivity contribution in [2.45, 2.75) is 18.9 Å². The minimum atomic E-state index is -0.312. The molecule has 1 N–H and O–H groups in total. The topological polar surface area (TPSA) is 61.9 Å². The van der Waals surface area contributed by atoms with Crippen LogP contribution in [-0.2, 0) is 9.53 Å². The standard InChI is InChI=1S/C11H19N3O3/c1-17-11(16)14-6-4-13(5-7-14)10(15)8-12-9-2-3-9/h9,12H,2-8H2,1H3. The molecule has 1 saturated carbocycles. The Labute approximate surface area is 101 Å². The molecule has 2 rings (SSSR count). The third-order valence-corrected chi connectivity index (χ3v) is 3.18. The number of nitrogens with zero attached hydrogens (tertiary/aromatic N) is 2. The number of amides is 2. The monoisotopic (exact) mass is 241 g/mol. The highest BCUT2D eigenvalue weighted by molar-refractivity contribution is 5.78. The lowest BCUT2D eigenvalue weighted by Crippen LogP contribution is -2.52. The molecule has 2 fully saturated rings. The molecule has 2 aliphatic rings.